The maximum absolute atomic E-state index is 12.7. The Morgan fingerprint density at radius 1 is 1.03 bits per heavy atom. The minimum atomic E-state index is 0.0314. The summed E-state index contributed by atoms with van der Waals surface area (Å²) in [6, 6.07) is 12.0. The molecule has 0 bridgehead atoms. The molecule has 2 aliphatic heterocycles. The Morgan fingerprint density at radius 2 is 1.87 bits per heavy atom. The van der Waals surface area contributed by atoms with Gasteiger partial charge in [0.15, 0.2) is 5.82 Å². The number of carbonyl (C=O) groups is 1. The van der Waals surface area contributed by atoms with Crippen molar-refractivity contribution in [3.05, 3.63) is 42.6 Å². The van der Waals surface area contributed by atoms with Gasteiger partial charge in [0.1, 0.15) is 5.82 Å². The minimum absolute atomic E-state index is 0.0314. The Bertz CT molecular complexity index is 806. The van der Waals surface area contributed by atoms with Crippen LogP contribution in [0.15, 0.2) is 42.6 Å². The van der Waals surface area contributed by atoms with Crippen molar-refractivity contribution in [2.24, 2.45) is 5.92 Å². The molecule has 0 radical (unpaired) electrons. The fourth-order valence-electron chi connectivity index (χ4n) is 4.49. The summed E-state index contributed by atoms with van der Waals surface area (Å²) in [6.45, 7) is 5.97. The molecule has 0 spiro atoms. The van der Waals surface area contributed by atoms with Gasteiger partial charge in [0, 0.05) is 31.4 Å². The molecule has 3 heterocycles. The van der Waals surface area contributed by atoms with Gasteiger partial charge in [-0.15, -0.1) is 0 Å². The van der Waals surface area contributed by atoms with Crippen molar-refractivity contribution >= 4 is 11.7 Å². The lowest BCUT2D eigenvalue weighted by Gasteiger charge is -2.33. The van der Waals surface area contributed by atoms with Crippen molar-refractivity contribution in [2.45, 2.75) is 38.5 Å². The van der Waals surface area contributed by atoms with Gasteiger partial charge >= 0.3 is 0 Å². The topological polar surface area (TPSA) is 61.4 Å². The van der Waals surface area contributed by atoms with Crippen LogP contribution in [0.3, 0.4) is 0 Å². The van der Waals surface area contributed by atoms with Crippen LogP contribution in [0.25, 0.3) is 11.4 Å². The Hall–Kier alpha value is -2.47. The van der Waals surface area contributed by atoms with Crippen LogP contribution in [0.5, 0.6) is 0 Å². The van der Waals surface area contributed by atoms with Gasteiger partial charge in [0.2, 0.25) is 5.91 Å². The van der Waals surface area contributed by atoms with E-state index in [1.165, 1.54) is 32.4 Å². The summed E-state index contributed by atoms with van der Waals surface area (Å²) in [4.78, 5) is 26.7. The number of hydrogen-bond acceptors (Lipinski definition) is 5. The smallest absolute Gasteiger partial charge is 0.224 e. The average Bonchev–Trinajstić information content (AvgIpc) is 2.83. The van der Waals surface area contributed by atoms with E-state index in [0.717, 1.165) is 62.6 Å². The molecule has 0 unspecified atom stereocenters. The van der Waals surface area contributed by atoms with E-state index >= 15 is 0 Å². The molecule has 4 rings (SSSR count). The number of nitrogens with one attached hydrogen (secondary N) is 1. The van der Waals surface area contributed by atoms with E-state index in [1.54, 1.807) is 0 Å². The van der Waals surface area contributed by atoms with Crippen LogP contribution in [0.2, 0.25) is 0 Å². The highest BCUT2D eigenvalue weighted by Gasteiger charge is 2.26. The standard InChI is InChI=1S/C24H33N5O/c30-24(26-13-8-17-28-15-5-2-6-16-28)21-11-7-18-29(19-21)22-12-14-25-23(27-22)20-9-3-1-4-10-20/h1,3-4,9-10,12,14,21H,2,5-8,11,13,15-19H2,(H,26,30)/t21-/m1/s1. The molecule has 30 heavy (non-hydrogen) atoms. The molecule has 1 aromatic heterocycles. The van der Waals surface area contributed by atoms with Crippen LogP contribution in [0.4, 0.5) is 5.82 Å². The predicted molar refractivity (Wildman–Crippen MR) is 120 cm³/mol. The summed E-state index contributed by atoms with van der Waals surface area (Å²) in [5.41, 5.74) is 1.01. The first kappa shape index (κ1) is 20.8. The molecule has 2 aliphatic rings. The summed E-state index contributed by atoms with van der Waals surface area (Å²) in [5.74, 6) is 1.86. The second kappa shape index (κ2) is 10.5. The zero-order valence-corrected chi connectivity index (χ0v) is 17.8. The van der Waals surface area contributed by atoms with Crippen LogP contribution < -0.4 is 10.2 Å². The third-order valence-corrected chi connectivity index (χ3v) is 6.19. The summed E-state index contributed by atoms with van der Waals surface area (Å²) >= 11 is 0. The van der Waals surface area contributed by atoms with Crippen molar-refractivity contribution in [3.63, 3.8) is 0 Å². The quantitative estimate of drug-likeness (QED) is 0.713. The lowest BCUT2D eigenvalue weighted by molar-refractivity contribution is -0.125. The van der Waals surface area contributed by atoms with E-state index in [9.17, 15) is 4.79 Å². The molecule has 2 fully saturated rings. The lowest BCUT2D eigenvalue weighted by atomic mass is 9.97. The van der Waals surface area contributed by atoms with Crippen molar-refractivity contribution in [3.8, 4) is 11.4 Å². The molecule has 2 saturated heterocycles. The number of likely N-dealkylation sites (tertiary alicyclic amines) is 1. The number of nitrogens with zero attached hydrogens (tertiary/aromatic N) is 4. The van der Waals surface area contributed by atoms with Crippen molar-refractivity contribution in [1.29, 1.82) is 0 Å². The lowest BCUT2D eigenvalue weighted by Crippen LogP contribution is -2.44. The Kier molecular flexibility index (Phi) is 7.29. The van der Waals surface area contributed by atoms with Gasteiger partial charge in [0.25, 0.3) is 0 Å². The van der Waals surface area contributed by atoms with Crippen LogP contribution in [-0.2, 0) is 4.79 Å². The van der Waals surface area contributed by atoms with Crippen LogP contribution in [0, 0.1) is 5.92 Å². The van der Waals surface area contributed by atoms with Gasteiger partial charge in [-0.1, -0.05) is 36.8 Å². The molecular weight excluding hydrogens is 374 g/mol. The van der Waals surface area contributed by atoms with Crippen LogP contribution in [-0.4, -0.2) is 60.0 Å². The zero-order chi connectivity index (χ0) is 20.6. The number of carbonyl (C=O) groups excluding carboxylic acids is 1. The molecule has 1 amide bonds. The molecule has 6 heteroatoms. The minimum Gasteiger partial charge on any atom is -0.356 e. The van der Waals surface area contributed by atoms with Crippen molar-refractivity contribution in [2.75, 3.05) is 44.2 Å². The normalized spacial score (nSPS) is 20.1. The molecule has 0 aliphatic carbocycles. The van der Waals surface area contributed by atoms with Crippen molar-refractivity contribution in [1.82, 2.24) is 20.2 Å². The summed E-state index contributed by atoms with van der Waals surface area (Å²) in [5, 5.41) is 3.18. The third-order valence-electron chi connectivity index (χ3n) is 6.19. The zero-order valence-electron chi connectivity index (χ0n) is 17.8. The number of benzene rings is 1. The van der Waals surface area contributed by atoms with E-state index < -0.39 is 0 Å². The number of amides is 1. The molecular formula is C24H33N5O. The number of anilines is 1. The molecule has 1 aromatic carbocycles. The number of hydrogen-bond donors (Lipinski definition) is 1. The second-order valence-corrected chi connectivity index (χ2v) is 8.44. The van der Waals surface area contributed by atoms with Gasteiger partial charge in [-0.3, -0.25) is 4.79 Å². The molecule has 6 nitrogen and oxygen atoms in total. The van der Waals surface area contributed by atoms with Crippen LogP contribution in [0.1, 0.15) is 38.5 Å². The van der Waals surface area contributed by atoms with E-state index in [0.29, 0.717) is 0 Å². The maximum atomic E-state index is 12.7. The third kappa shape index (κ3) is 5.57. The van der Waals surface area contributed by atoms with Crippen LogP contribution >= 0.6 is 0 Å². The first-order valence-corrected chi connectivity index (χ1v) is 11.4. The second-order valence-electron chi connectivity index (χ2n) is 8.44. The largest absolute Gasteiger partial charge is 0.356 e. The molecule has 1 atom stereocenters. The van der Waals surface area contributed by atoms with Gasteiger partial charge in [0.05, 0.1) is 5.92 Å². The molecule has 2 aromatic rings. The van der Waals surface area contributed by atoms with E-state index in [-0.39, 0.29) is 11.8 Å². The van der Waals surface area contributed by atoms with Crippen molar-refractivity contribution < 1.29 is 4.79 Å². The fraction of sp³-hybridized carbons (Fsp3) is 0.542. The summed E-state index contributed by atoms with van der Waals surface area (Å²) in [6.07, 6.45) is 8.81. The SMILES string of the molecule is O=C(NCCCN1CCCCC1)[C@@H]1CCCN(c2ccnc(-c3ccccc3)n2)C1. The number of rotatable bonds is 7. The fourth-order valence-corrected chi connectivity index (χ4v) is 4.49. The summed E-state index contributed by atoms with van der Waals surface area (Å²) < 4.78 is 0. The Labute approximate surface area is 179 Å². The van der Waals surface area contributed by atoms with Gasteiger partial charge in [-0.2, -0.15) is 0 Å². The molecule has 0 saturated carbocycles. The van der Waals surface area contributed by atoms with Gasteiger partial charge in [-0.25, -0.2) is 9.97 Å². The van der Waals surface area contributed by atoms with Gasteiger partial charge in [-0.05, 0) is 57.8 Å². The highest BCUT2D eigenvalue weighted by molar-refractivity contribution is 5.79. The van der Waals surface area contributed by atoms with E-state index in [4.69, 9.17) is 4.98 Å². The highest BCUT2D eigenvalue weighted by atomic mass is 16.1. The maximum Gasteiger partial charge on any atom is 0.224 e. The number of piperidine rings is 2. The highest BCUT2D eigenvalue weighted by Crippen LogP contribution is 2.24. The predicted octanol–water partition coefficient (Wildman–Crippen LogP) is 3.35. The Balaban J connectivity index is 1.28. The Morgan fingerprint density at radius 3 is 2.70 bits per heavy atom. The molecule has 160 valence electrons. The number of aromatic nitrogens is 2. The van der Waals surface area contributed by atoms with Gasteiger partial charge < -0.3 is 15.1 Å². The molecule has 1 N–H and O–H groups in total. The summed E-state index contributed by atoms with van der Waals surface area (Å²) in [7, 11) is 0. The van der Waals surface area contributed by atoms with E-state index in [2.05, 4.69) is 20.1 Å². The average molecular weight is 408 g/mol. The first-order valence-electron chi connectivity index (χ1n) is 11.4. The first-order chi connectivity index (χ1) is 14.8. The monoisotopic (exact) mass is 407 g/mol. The van der Waals surface area contributed by atoms with E-state index in [1.807, 2.05) is 42.6 Å².